The van der Waals surface area contributed by atoms with Crippen LogP contribution in [0.5, 0.6) is 0 Å². The number of aromatic nitrogens is 4. The van der Waals surface area contributed by atoms with Crippen LogP contribution >= 0.6 is 0 Å². The molecule has 2 aliphatic heterocycles. The van der Waals surface area contributed by atoms with Gasteiger partial charge in [-0.3, -0.25) is 9.88 Å². The zero-order valence-electron chi connectivity index (χ0n) is 18.7. The van der Waals surface area contributed by atoms with Gasteiger partial charge in [0.05, 0.1) is 42.9 Å². The molecule has 5 heterocycles. The molecule has 3 aromatic rings. The van der Waals surface area contributed by atoms with Crippen molar-refractivity contribution in [2.75, 3.05) is 49.6 Å². The number of hydrogen-bond donors (Lipinski definition) is 1. The van der Waals surface area contributed by atoms with Crippen LogP contribution in [0.15, 0.2) is 43.0 Å². The lowest BCUT2D eigenvalue weighted by atomic mass is 10.1. The van der Waals surface area contributed by atoms with Crippen LogP contribution in [0.25, 0.3) is 11.3 Å². The molecule has 0 aromatic carbocycles. The first-order chi connectivity index (χ1) is 16.7. The van der Waals surface area contributed by atoms with E-state index in [2.05, 4.69) is 36.2 Å². The van der Waals surface area contributed by atoms with E-state index < -0.39 is 6.17 Å². The predicted molar refractivity (Wildman–Crippen MR) is 125 cm³/mol. The Morgan fingerprint density at radius 2 is 2.03 bits per heavy atom. The molecular formula is C24H25FN8O. The van der Waals surface area contributed by atoms with Crippen molar-refractivity contribution >= 4 is 17.5 Å². The molecule has 2 saturated heterocycles. The van der Waals surface area contributed by atoms with E-state index in [1.807, 2.05) is 17.2 Å². The topological polar surface area (TPSA) is 103 Å². The van der Waals surface area contributed by atoms with E-state index in [0.717, 1.165) is 44.1 Å². The lowest BCUT2D eigenvalue weighted by Crippen LogP contribution is -2.35. The van der Waals surface area contributed by atoms with Gasteiger partial charge in [-0.2, -0.15) is 5.26 Å². The van der Waals surface area contributed by atoms with Gasteiger partial charge in [-0.05, 0) is 30.2 Å². The molecule has 0 amide bonds. The second-order valence-corrected chi connectivity index (χ2v) is 8.40. The molecule has 1 atom stereocenters. The maximum Gasteiger partial charge on any atom is 0.227 e. The Labute approximate surface area is 197 Å². The van der Waals surface area contributed by atoms with Crippen molar-refractivity contribution in [1.82, 2.24) is 24.8 Å². The number of hydrogen-bond acceptors (Lipinski definition) is 9. The summed E-state index contributed by atoms with van der Waals surface area (Å²) in [5, 5.41) is 12.9. The molecule has 0 bridgehead atoms. The van der Waals surface area contributed by atoms with Crippen molar-refractivity contribution in [3.05, 3.63) is 54.1 Å². The molecule has 9 nitrogen and oxygen atoms in total. The molecule has 34 heavy (non-hydrogen) atoms. The molecule has 5 rings (SSSR count). The Kier molecular flexibility index (Phi) is 6.56. The number of rotatable bonds is 6. The van der Waals surface area contributed by atoms with Gasteiger partial charge in [-0.25, -0.2) is 19.3 Å². The van der Waals surface area contributed by atoms with E-state index >= 15 is 0 Å². The summed E-state index contributed by atoms with van der Waals surface area (Å²) in [5.74, 6) is 0.937. The van der Waals surface area contributed by atoms with Crippen LogP contribution in [-0.2, 0) is 11.3 Å². The summed E-state index contributed by atoms with van der Waals surface area (Å²) >= 11 is 0. The van der Waals surface area contributed by atoms with Crippen LogP contribution < -0.4 is 10.2 Å². The molecule has 0 aliphatic carbocycles. The van der Waals surface area contributed by atoms with Gasteiger partial charge < -0.3 is 15.0 Å². The number of nitrogens with one attached hydrogen (secondary N) is 1. The molecule has 2 aliphatic rings. The van der Waals surface area contributed by atoms with E-state index in [0.29, 0.717) is 41.6 Å². The Hall–Kier alpha value is -3.68. The van der Waals surface area contributed by atoms with Crippen molar-refractivity contribution in [2.45, 2.75) is 19.1 Å². The summed E-state index contributed by atoms with van der Waals surface area (Å²) in [6, 6.07) is 7.73. The average Bonchev–Trinajstić information content (AvgIpc) is 3.30. The normalized spacial score (nSPS) is 18.6. The summed E-state index contributed by atoms with van der Waals surface area (Å²) < 4.78 is 19.0. The van der Waals surface area contributed by atoms with E-state index in [9.17, 15) is 9.65 Å². The maximum absolute atomic E-state index is 13.6. The van der Waals surface area contributed by atoms with Crippen molar-refractivity contribution in [3.8, 4) is 17.3 Å². The lowest BCUT2D eigenvalue weighted by molar-refractivity contribution is 0.0341. The third-order valence-corrected chi connectivity index (χ3v) is 5.93. The van der Waals surface area contributed by atoms with Crippen LogP contribution in [0.2, 0.25) is 0 Å². The second kappa shape index (κ2) is 10.1. The van der Waals surface area contributed by atoms with E-state index in [1.54, 1.807) is 30.7 Å². The number of halogens is 1. The van der Waals surface area contributed by atoms with Gasteiger partial charge in [0.2, 0.25) is 5.95 Å². The number of anilines is 3. The van der Waals surface area contributed by atoms with Crippen LogP contribution in [-0.4, -0.2) is 70.4 Å². The van der Waals surface area contributed by atoms with Gasteiger partial charge in [0.1, 0.15) is 18.1 Å². The SMILES string of the molecule is N#Cc1cc(-c2ccnc(Nc3cncc(CN4CCOCC4)c3)n2)cnc1N1CCC(F)C1. The minimum Gasteiger partial charge on any atom is -0.379 e. The van der Waals surface area contributed by atoms with Crippen molar-refractivity contribution < 1.29 is 9.13 Å². The highest BCUT2D eigenvalue weighted by atomic mass is 19.1. The number of morpholine rings is 1. The molecule has 3 aromatic heterocycles. The number of alkyl halides is 1. The molecule has 10 heteroatoms. The van der Waals surface area contributed by atoms with Crippen molar-refractivity contribution in [3.63, 3.8) is 0 Å². The highest BCUT2D eigenvalue weighted by Gasteiger charge is 2.25. The number of nitrogens with zero attached hydrogens (tertiary/aromatic N) is 7. The van der Waals surface area contributed by atoms with E-state index in [-0.39, 0.29) is 6.54 Å². The van der Waals surface area contributed by atoms with Crippen LogP contribution in [0.1, 0.15) is 17.5 Å². The van der Waals surface area contributed by atoms with E-state index in [1.165, 1.54) is 0 Å². The minimum atomic E-state index is -0.884. The highest BCUT2D eigenvalue weighted by Crippen LogP contribution is 2.27. The Morgan fingerprint density at radius 1 is 1.15 bits per heavy atom. The monoisotopic (exact) mass is 460 g/mol. The summed E-state index contributed by atoms with van der Waals surface area (Å²) in [6.45, 7) is 4.96. The summed E-state index contributed by atoms with van der Waals surface area (Å²) in [7, 11) is 0. The molecular weight excluding hydrogens is 435 g/mol. The molecule has 0 saturated carbocycles. The van der Waals surface area contributed by atoms with Gasteiger partial charge in [0, 0.05) is 50.3 Å². The fraction of sp³-hybridized carbons (Fsp3) is 0.375. The fourth-order valence-corrected chi connectivity index (χ4v) is 4.21. The third-order valence-electron chi connectivity index (χ3n) is 5.93. The van der Waals surface area contributed by atoms with Gasteiger partial charge in [-0.15, -0.1) is 0 Å². The van der Waals surface area contributed by atoms with Gasteiger partial charge in [0.25, 0.3) is 0 Å². The average molecular weight is 461 g/mol. The largest absolute Gasteiger partial charge is 0.379 e. The summed E-state index contributed by atoms with van der Waals surface area (Å²) in [4.78, 5) is 21.9. The van der Waals surface area contributed by atoms with Gasteiger partial charge in [-0.1, -0.05) is 0 Å². The highest BCUT2D eigenvalue weighted by molar-refractivity contribution is 5.67. The van der Waals surface area contributed by atoms with Crippen LogP contribution in [0, 0.1) is 11.3 Å². The summed E-state index contributed by atoms with van der Waals surface area (Å²) in [6.07, 6.45) is 6.49. The zero-order chi connectivity index (χ0) is 23.3. The van der Waals surface area contributed by atoms with Crippen molar-refractivity contribution in [1.29, 1.82) is 5.26 Å². The van der Waals surface area contributed by atoms with Crippen LogP contribution in [0.3, 0.4) is 0 Å². The fourth-order valence-electron chi connectivity index (χ4n) is 4.21. The molecule has 2 fully saturated rings. The van der Waals surface area contributed by atoms with Crippen molar-refractivity contribution in [2.24, 2.45) is 0 Å². The first kappa shape index (κ1) is 22.1. The first-order valence-electron chi connectivity index (χ1n) is 11.3. The third kappa shape index (κ3) is 5.11. The van der Waals surface area contributed by atoms with Gasteiger partial charge >= 0.3 is 0 Å². The number of ether oxygens (including phenoxy) is 1. The number of nitriles is 1. The maximum atomic E-state index is 13.6. The minimum absolute atomic E-state index is 0.265. The van der Waals surface area contributed by atoms with E-state index in [4.69, 9.17) is 4.74 Å². The van der Waals surface area contributed by atoms with Gasteiger partial charge in [0.15, 0.2) is 0 Å². The Bertz CT molecular complexity index is 1190. The quantitative estimate of drug-likeness (QED) is 0.595. The Morgan fingerprint density at radius 3 is 2.82 bits per heavy atom. The molecule has 0 spiro atoms. The first-order valence-corrected chi connectivity index (χ1v) is 11.3. The van der Waals surface area contributed by atoms with Crippen LogP contribution in [0.4, 0.5) is 21.8 Å². The zero-order valence-corrected chi connectivity index (χ0v) is 18.7. The molecule has 174 valence electrons. The molecule has 1 unspecified atom stereocenters. The number of pyridine rings is 2. The summed E-state index contributed by atoms with van der Waals surface area (Å²) in [5.41, 5.74) is 3.62. The second-order valence-electron chi connectivity index (χ2n) is 8.40. The predicted octanol–water partition coefficient (Wildman–Crippen LogP) is 2.93. The molecule has 1 N–H and O–H groups in total. The Balaban J connectivity index is 1.32. The molecule has 0 radical (unpaired) electrons. The smallest absolute Gasteiger partial charge is 0.227 e. The lowest BCUT2D eigenvalue weighted by Gasteiger charge is -2.26. The standard InChI is InChI=1S/C24H25FN8O/c25-20-2-4-33(16-20)23-18(11-26)10-19(13-29-23)22-1-3-28-24(31-22)30-21-9-17(12-27-14-21)15-32-5-7-34-8-6-32/h1,3,9-10,12-14,20H,2,4-8,15-16H2,(H,28,30,31).